The summed E-state index contributed by atoms with van der Waals surface area (Å²) in [5, 5.41) is 14.4. The van der Waals surface area contributed by atoms with Crippen LogP contribution in [0.1, 0.15) is 15.9 Å². The number of amides is 2. The topological polar surface area (TPSA) is 126 Å². The number of carbonyl (C=O) groups is 2. The van der Waals surface area contributed by atoms with Gasteiger partial charge >= 0.3 is 0 Å². The third kappa shape index (κ3) is 6.14. The van der Waals surface area contributed by atoms with Crippen molar-refractivity contribution in [1.82, 2.24) is 16.1 Å². The molecule has 150 valence electrons. The molecule has 2 rings (SSSR count). The Labute approximate surface area is 164 Å². The Morgan fingerprint density at radius 3 is 2.21 bits per heavy atom. The van der Waals surface area contributed by atoms with E-state index in [-0.39, 0.29) is 6.54 Å². The van der Waals surface area contributed by atoms with Gasteiger partial charge in [0, 0.05) is 32.3 Å². The van der Waals surface area contributed by atoms with Crippen LogP contribution in [0.5, 0.6) is 0 Å². The van der Waals surface area contributed by atoms with E-state index in [9.17, 15) is 9.59 Å². The molecule has 0 radical (unpaired) electrons. The molecule has 0 aromatic heterocycles. The first-order valence-electron chi connectivity index (χ1n) is 8.93. The van der Waals surface area contributed by atoms with E-state index in [1.807, 2.05) is 24.3 Å². The number of hydrogen-bond acceptors (Lipinski definition) is 6. The van der Waals surface area contributed by atoms with Crippen LogP contribution in [0.4, 0.5) is 0 Å². The molecule has 0 aliphatic heterocycles. The predicted octanol–water partition coefficient (Wildman–Crippen LogP) is 0.652. The normalized spacial score (nSPS) is 11.7. The monoisotopic (exact) mass is 386 g/mol. The molecule has 2 amide bonds. The van der Waals surface area contributed by atoms with Crippen LogP contribution in [0, 0.1) is 0 Å². The van der Waals surface area contributed by atoms with Gasteiger partial charge in [-0.3, -0.25) is 14.8 Å². The third-order valence-corrected chi connectivity index (χ3v) is 4.21. The van der Waals surface area contributed by atoms with Crippen LogP contribution >= 0.6 is 0 Å². The third-order valence-electron chi connectivity index (χ3n) is 4.21. The van der Waals surface area contributed by atoms with Crippen molar-refractivity contribution < 1.29 is 19.5 Å². The quantitative estimate of drug-likeness (QED) is 0.232. The van der Waals surface area contributed by atoms with Gasteiger partial charge in [0.1, 0.15) is 6.04 Å². The molecule has 1 atom stereocenters. The number of hydroxylamine groups is 1. The molecular weight excluding hydrogens is 360 g/mol. The maximum atomic E-state index is 12.2. The summed E-state index contributed by atoms with van der Waals surface area (Å²) >= 11 is 0. The standard InChI is InChI=1S/C20H26N4O4/c1-28-11-10-22-13-14-2-4-15(5-3-14)16-6-8-17(9-7-16)19(25)23-18(12-21)20(26)24-27/h2-9,18,22,27H,10-13,21H2,1H3,(H,23,25)(H,24,26)/t18-/m0/s1. The first kappa shape index (κ1) is 21.5. The van der Waals surface area contributed by atoms with Gasteiger partial charge in [-0.2, -0.15) is 0 Å². The summed E-state index contributed by atoms with van der Waals surface area (Å²) in [5.41, 5.74) is 10.5. The first-order valence-corrected chi connectivity index (χ1v) is 8.93. The lowest BCUT2D eigenvalue weighted by molar-refractivity contribution is -0.130. The Bertz CT molecular complexity index is 763. The van der Waals surface area contributed by atoms with Crippen LogP contribution in [0.15, 0.2) is 48.5 Å². The molecule has 2 aromatic carbocycles. The molecule has 0 aliphatic carbocycles. The molecule has 8 nitrogen and oxygen atoms in total. The van der Waals surface area contributed by atoms with E-state index in [0.29, 0.717) is 12.2 Å². The lowest BCUT2D eigenvalue weighted by Gasteiger charge is -2.14. The number of nitrogens with one attached hydrogen (secondary N) is 3. The fourth-order valence-electron chi connectivity index (χ4n) is 2.59. The van der Waals surface area contributed by atoms with Crippen molar-refractivity contribution in [2.24, 2.45) is 5.73 Å². The number of rotatable bonds is 10. The van der Waals surface area contributed by atoms with E-state index < -0.39 is 17.9 Å². The summed E-state index contributed by atoms with van der Waals surface area (Å²) in [5.74, 6) is -1.20. The summed E-state index contributed by atoms with van der Waals surface area (Å²) < 4.78 is 5.00. The number of carbonyl (C=O) groups excluding carboxylic acids is 2. The maximum Gasteiger partial charge on any atom is 0.267 e. The molecule has 0 aliphatic rings. The summed E-state index contributed by atoms with van der Waals surface area (Å²) in [4.78, 5) is 23.6. The van der Waals surface area contributed by atoms with Gasteiger partial charge in [0.2, 0.25) is 0 Å². The van der Waals surface area contributed by atoms with Crippen LogP contribution < -0.4 is 21.8 Å². The highest BCUT2D eigenvalue weighted by Crippen LogP contribution is 2.20. The molecule has 0 fully saturated rings. The number of benzene rings is 2. The van der Waals surface area contributed by atoms with Gasteiger partial charge < -0.3 is 21.1 Å². The van der Waals surface area contributed by atoms with E-state index in [4.69, 9.17) is 15.7 Å². The van der Waals surface area contributed by atoms with Crippen LogP contribution in [-0.4, -0.2) is 49.9 Å². The fourth-order valence-corrected chi connectivity index (χ4v) is 2.59. The molecule has 8 heteroatoms. The zero-order valence-corrected chi connectivity index (χ0v) is 15.8. The maximum absolute atomic E-state index is 12.2. The highest BCUT2D eigenvalue weighted by Gasteiger charge is 2.19. The largest absolute Gasteiger partial charge is 0.383 e. The first-order chi connectivity index (χ1) is 13.6. The second-order valence-corrected chi connectivity index (χ2v) is 6.18. The Kier molecular flexibility index (Phi) is 8.57. The van der Waals surface area contributed by atoms with E-state index in [1.54, 1.807) is 19.2 Å². The van der Waals surface area contributed by atoms with Crippen molar-refractivity contribution in [1.29, 1.82) is 0 Å². The average molecular weight is 386 g/mol. The minimum absolute atomic E-state index is 0.122. The molecule has 2 aromatic rings. The molecule has 0 heterocycles. The van der Waals surface area contributed by atoms with Crippen LogP contribution in [0.2, 0.25) is 0 Å². The summed E-state index contributed by atoms with van der Waals surface area (Å²) in [6, 6.07) is 14.2. The van der Waals surface area contributed by atoms with Crippen molar-refractivity contribution in [3.63, 3.8) is 0 Å². The summed E-state index contributed by atoms with van der Waals surface area (Å²) in [7, 11) is 1.67. The van der Waals surface area contributed by atoms with E-state index in [0.717, 1.165) is 24.2 Å². The number of methoxy groups -OCH3 is 1. The highest BCUT2D eigenvalue weighted by molar-refractivity contribution is 5.97. The van der Waals surface area contributed by atoms with Crippen LogP contribution in [0.25, 0.3) is 11.1 Å². The van der Waals surface area contributed by atoms with Crippen molar-refractivity contribution in [2.75, 3.05) is 26.8 Å². The molecular formula is C20H26N4O4. The number of hydrogen-bond donors (Lipinski definition) is 5. The molecule has 6 N–H and O–H groups in total. The van der Waals surface area contributed by atoms with Gasteiger partial charge in [0.15, 0.2) is 0 Å². The highest BCUT2D eigenvalue weighted by atomic mass is 16.5. The Morgan fingerprint density at radius 2 is 1.68 bits per heavy atom. The van der Waals surface area contributed by atoms with E-state index in [2.05, 4.69) is 22.8 Å². The second kappa shape index (κ2) is 11.2. The molecule has 28 heavy (non-hydrogen) atoms. The average Bonchev–Trinajstić information content (AvgIpc) is 2.75. The van der Waals surface area contributed by atoms with Crippen molar-refractivity contribution in [3.05, 3.63) is 59.7 Å². The van der Waals surface area contributed by atoms with Crippen LogP contribution in [0.3, 0.4) is 0 Å². The lowest BCUT2D eigenvalue weighted by atomic mass is 10.0. The molecule has 0 saturated heterocycles. The molecule has 0 unspecified atom stereocenters. The Hall–Kier alpha value is -2.78. The van der Waals surface area contributed by atoms with Gasteiger partial charge in [0.25, 0.3) is 11.8 Å². The van der Waals surface area contributed by atoms with Gasteiger partial charge in [-0.25, -0.2) is 5.48 Å². The summed E-state index contributed by atoms with van der Waals surface area (Å²) in [6.45, 7) is 2.12. The number of nitrogens with two attached hydrogens (primary N) is 1. The fraction of sp³-hybridized carbons (Fsp3) is 0.300. The van der Waals surface area contributed by atoms with E-state index >= 15 is 0 Å². The minimum Gasteiger partial charge on any atom is -0.383 e. The molecule has 0 spiro atoms. The zero-order chi connectivity index (χ0) is 20.4. The number of ether oxygens (including phenoxy) is 1. The van der Waals surface area contributed by atoms with Gasteiger partial charge in [-0.15, -0.1) is 0 Å². The predicted molar refractivity (Wildman–Crippen MR) is 106 cm³/mol. The van der Waals surface area contributed by atoms with Gasteiger partial charge in [0.05, 0.1) is 6.61 Å². The van der Waals surface area contributed by atoms with Crippen LogP contribution in [-0.2, 0) is 16.1 Å². The van der Waals surface area contributed by atoms with Crippen molar-refractivity contribution in [2.45, 2.75) is 12.6 Å². The van der Waals surface area contributed by atoms with Crippen molar-refractivity contribution in [3.8, 4) is 11.1 Å². The lowest BCUT2D eigenvalue weighted by Crippen LogP contribution is -2.50. The Balaban J connectivity index is 1.98. The second-order valence-electron chi connectivity index (χ2n) is 6.18. The molecule has 0 saturated carbocycles. The van der Waals surface area contributed by atoms with E-state index in [1.165, 1.54) is 11.0 Å². The van der Waals surface area contributed by atoms with Crippen molar-refractivity contribution >= 4 is 11.8 Å². The van der Waals surface area contributed by atoms with Gasteiger partial charge in [-0.1, -0.05) is 36.4 Å². The minimum atomic E-state index is -0.998. The Morgan fingerprint density at radius 1 is 1.07 bits per heavy atom. The molecule has 0 bridgehead atoms. The summed E-state index contributed by atoms with van der Waals surface area (Å²) in [6.07, 6.45) is 0. The SMILES string of the molecule is COCCNCc1ccc(-c2ccc(C(=O)N[C@@H](CN)C(=O)NO)cc2)cc1. The smallest absolute Gasteiger partial charge is 0.267 e. The zero-order valence-electron chi connectivity index (χ0n) is 15.8. The van der Waals surface area contributed by atoms with Gasteiger partial charge in [-0.05, 0) is 28.8 Å².